The van der Waals surface area contributed by atoms with Crippen molar-refractivity contribution in [2.45, 2.75) is 91.6 Å². The zero-order chi connectivity index (χ0) is 33.2. The van der Waals surface area contributed by atoms with Crippen LogP contribution in [0, 0.1) is 11.6 Å². The van der Waals surface area contributed by atoms with Crippen LogP contribution in [0.15, 0.2) is 42.5 Å². The third-order valence-corrected chi connectivity index (χ3v) is 6.93. The van der Waals surface area contributed by atoms with Crippen molar-refractivity contribution in [3.05, 3.63) is 59.7 Å². The zero-order valence-corrected chi connectivity index (χ0v) is 26.9. The Morgan fingerprint density at radius 2 is 1.53 bits per heavy atom. The van der Waals surface area contributed by atoms with Gasteiger partial charge in [-0.2, -0.15) is 0 Å². The van der Waals surface area contributed by atoms with Gasteiger partial charge < -0.3 is 26.6 Å². The first kappa shape index (κ1) is 36.8. The molecule has 2 aromatic heterocycles. The van der Waals surface area contributed by atoms with Crippen LogP contribution in [0.1, 0.15) is 78.7 Å². The molecule has 0 saturated heterocycles. The Hall–Kier alpha value is -4.42. The van der Waals surface area contributed by atoms with Gasteiger partial charge in [0, 0.05) is 25.2 Å². The first-order chi connectivity index (χ1) is 21.6. The molecule has 2 heterocycles. The Balaban J connectivity index is 0.000000452. The molecule has 0 fully saturated rings. The molecular formula is C32H47F2N9O2. The molecule has 3 rings (SSSR count). The van der Waals surface area contributed by atoms with Crippen LogP contribution in [0.3, 0.4) is 0 Å². The lowest BCUT2D eigenvalue weighted by atomic mass is 10.1. The van der Waals surface area contributed by atoms with Crippen LogP contribution >= 0.6 is 0 Å². The minimum atomic E-state index is -0.802. The van der Waals surface area contributed by atoms with E-state index in [1.165, 1.54) is 0 Å². The van der Waals surface area contributed by atoms with Gasteiger partial charge >= 0.3 is 0 Å². The number of nitrogen functional groups attached to an aromatic ring is 1. The fourth-order valence-corrected chi connectivity index (χ4v) is 4.38. The van der Waals surface area contributed by atoms with E-state index < -0.39 is 29.5 Å². The molecule has 3 aromatic rings. The normalized spacial score (nSPS) is 11.3. The summed E-state index contributed by atoms with van der Waals surface area (Å²) in [6.45, 7) is 12.0. The number of nitrogens with one attached hydrogen (secondary N) is 3. The summed E-state index contributed by atoms with van der Waals surface area (Å²) in [4.78, 5) is 27.1. The minimum Gasteiger partial charge on any atom is -0.382 e. The number of carbonyl (C=O) groups excluding carboxylic acids is 2. The van der Waals surface area contributed by atoms with Crippen molar-refractivity contribution in [2.75, 3.05) is 34.4 Å². The number of benzene rings is 1. The van der Waals surface area contributed by atoms with Gasteiger partial charge in [-0.3, -0.25) is 9.59 Å². The summed E-state index contributed by atoms with van der Waals surface area (Å²) in [6, 6.07) is 9.66. The number of rotatable bonds is 16. The first-order valence-electron chi connectivity index (χ1n) is 15.6. The smallest absolute Gasteiger partial charge is 0.248 e. The topological polar surface area (TPSA) is 151 Å². The highest BCUT2D eigenvalue weighted by Gasteiger charge is 2.21. The van der Waals surface area contributed by atoms with Gasteiger partial charge in [0.15, 0.2) is 11.6 Å². The number of halogens is 2. The summed E-state index contributed by atoms with van der Waals surface area (Å²) < 4.78 is 26.7. The van der Waals surface area contributed by atoms with Crippen LogP contribution in [-0.2, 0) is 16.0 Å². The molecule has 246 valence electrons. The second kappa shape index (κ2) is 19.8. The van der Waals surface area contributed by atoms with Gasteiger partial charge in [-0.15, -0.1) is 20.4 Å². The fraction of sp³-hybridized carbons (Fsp3) is 0.500. The van der Waals surface area contributed by atoms with E-state index in [1.54, 1.807) is 18.2 Å². The number of aromatic nitrogens is 4. The highest BCUT2D eigenvalue weighted by atomic mass is 19.1. The molecule has 0 spiro atoms. The van der Waals surface area contributed by atoms with Crippen LogP contribution in [-0.4, -0.2) is 57.4 Å². The quantitative estimate of drug-likeness (QED) is 0.161. The van der Waals surface area contributed by atoms with E-state index in [1.807, 2.05) is 19.9 Å². The summed E-state index contributed by atoms with van der Waals surface area (Å²) in [5, 5.41) is 24.6. The van der Waals surface area contributed by atoms with Crippen molar-refractivity contribution in [1.82, 2.24) is 25.7 Å². The van der Waals surface area contributed by atoms with Crippen LogP contribution in [0.5, 0.6) is 0 Å². The summed E-state index contributed by atoms with van der Waals surface area (Å²) in [5.41, 5.74) is 5.62. The Kier molecular flexibility index (Phi) is 16.2. The number of anilines is 4. The molecule has 1 aromatic carbocycles. The van der Waals surface area contributed by atoms with E-state index in [4.69, 9.17) is 5.73 Å². The van der Waals surface area contributed by atoms with Crippen LogP contribution in [0.2, 0.25) is 0 Å². The maximum absolute atomic E-state index is 13.3. The van der Waals surface area contributed by atoms with Crippen molar-refractivity contribution in [3.8, 4) is 0 Å². The molecule has 1 unspecified atom stereocenters. The Bertz CT molecular complexity index is 1290. The van der Waals surface area contributed by atoms with Gasteiger partial charge in [0.25, 0.3) is 0 Å². The summed E-state index contributed by atoms with van der Waals surface area (Å²) >= 11 is 0. The lowest BCUT2D eigenvalue weighted by Crippen LogP contribution is -2.44. The van der Waals surface area contributed by atoms with Crippen LogP contribution < -0.4 is 26.6 Å². The van der Waals surface area contributed by atoms with Crippen molar-refractivity contribution in [3.63, 3.8) is 0 Å². The Morgan fingerprint density at radius 3 is 2.07 bits per heavy atom. The van der Waals surface area contributed by atoms with Crippen molar-refractivity contribution < 1.29 is 18.4 Å². The second-order valence-electron chi connectivity index (χ2n) is 10.6. The molecule has 0 saturated carbocycles. The predicted molar refractivity (Wildman–Crippen MR) is 175 cm³/mol. The molecule has 0 aliphatic rings. The van der Waals surface area contributed by atoms with E-state index in [-0.39, 0.29) is 17.8 Å². The third kappa shape index (κ3) is 13.4. The Morgan fingerprint density at radius 1 is 0.867 bits per heavy atom. The van der Waals surface area contributed by atoms with E-state index in [9.17, 15) is 18.4 Å². The average Bonchev–Trinajstić information content (AvgIpc) is 3.01. The van der Waals surface area contributed by atoms with Crippen LogP contribution in [0.25, 0.3) is 0 Å². The van der Waals surface area contributed by atoms with Gasteiger partial charge in [-0.25, -0.2) is 8.78 Å². The minimum absolute atomic E-state index is 0.195. The average molecular weight is 628 g/mol. The molecular weight excluding hydrogens is 580 g/mol. The number of hydrogen-bond donors (Lipinski definition) is 4. The van der Waals surface area contributed by atoms with Gasteiger partial charge in [0.05, 0.1) is 6.42 Å². The maximum Gasteiger partial charge on any atom is 0.248 e. The van der Waals surface area contributed by atoms with Gasteiger partial charge in [0.1, 0.15) is 29.3 Å². The predicted octanol–water partition coefficient (Wildman–Crippen LogP) is 5.51. The lowest BCUT2D eigenvalue weighted by Gasteiger charge is -2.21. The first-order valence-corrected chi connectivity index (χ1v) is 15.6. The largest absolute Gasteiger partial charge is 0.382 e. The number of carbonyl (C=O) groups is 2. The van der Waals surface area contributed by atoms with E-state index in [0.717, 1.165) is 68.6 Å². The maximum atomic E-state index is 13.3. The highest BCUT2D eigenvalue weighted by Crippen LogP contribution is 2.14. The third-order valence-electron chi connectivity index (χ3n) is 6.93. The zero-order valence-electron chi connectivity index (χ0n) is 26.9. The number of hydrogen-bond acceptors (Lipinski definition) is 9. The van der Waals surface area contributed by atoms with E-state index in [2.05, 4.69) is 62.0 Å². The van der Waals surface area contributed by atoms with E-state index >= 15 is 0 Å². The molecule has 13 heteroatoms. The monoisotopic (exact) mass is 627 g/mol. The van der Waals surface area contributed by atoms with Gasteiger partial charge in [0.2, 0.25) is 11.8 Å². The van der Waals surface area contributed by atoms with Crippen molar-refractivity contribution >= 4 is 35.1 Å². The molecule has 45 heavy (non-hydrogen) atoms. The lowest BCUT2D eigenvalue weighted by molar-refractivity contribution is -0.126. The van der Waals surface area contributed by atoms with Gasteiger partial charge in [-0.05, 0) is 74.6 Å². The molecule has 0 aliphatic carbocycles. The van der Waals surface area contributed by atoms with Gasteiger partial charge in [-0.1, -0.05) is 40.5 Å². The van der Waals surface area contributed by atoms with Crippen molar-refractivity contribution in [1.29, 1.82) is 0 Å². The standard InChI is InChI=1S/C23H31F2N5O2.C9H16N4/c1-4-7-11-30(6-3)21-10-9-20(28-29-21)27-23(32)19(8-5-2)26-22(31)14-16-12-17(24)15-18(25)13-16;1-3-7(4-2)11-9-6-5-8(10)12-13-9/h9-10,12-13,15,19H,4-8,11,14H2,1-3H3,(H,26,31)(H,27,28,32);5-7H,3-4H2,1-2H3,(H2,10,12)(H,11,13). The summed E-state index contributed by atoms with van der Waals surface area (Å²) in [6.07, 6.45) is 5.12. The molecule has 0 bridgehead atoms. The summed E-state index contributed by atoms with van der Waals surface area (Å²) in [5.74, 6) is -0.168. The molecule has 5 N–H and O–H groups in total. The molecule has 0 radical (unpaired) electrons. The molecule has 1 atom stereocenters. The number of nitrogens with zero attached hydrogens (tertiary/aromatic N) is 5. The SMILES string of the molecule is CCC(CC)Nc1ccc(N)nn1.CCCCN(CC)c1ccc(NC(=O)C(CCC)NC(=O)Cc2cc(F)cc(F)c2)nn1. The highest BCUT2D eigenvalue weighted by molar-refractivity contribution is 5.96. The van der Waals surface area contributed by atoms with Crippen LogP contribution in [0.4, 0.5) is 32.1 Å². The second-order valence-corrected chi connectivity index (χ2v) is 10.6. The Labute approximate surface area is 264 Å². The molecule has 2 amide bonds. The number of unbranched alkanes of at least 4 members (excludes halogenated alkanes) is 1. The number of amides is 2. The number of nitrogens with two attached hydrogens (primary N) is 1. The fourth-order valence-electron chi connectivity index (χ4n) is 4.38. The molecule has 11 nitrogen and oxygen atoms in total. The summed E-state index contributed by atoms with van der Waals surface area (Å²) in [7, 11) is 0. The molecule has 0 aliphatic heterocycles. The van der Waals surface area contributed by atoms with E-state index in [0.29, 0.717) is 24.7 Å². The van der Waals surface area contributed by atoms with Crippen molar-refractivity contribution in [2.24, 2.45) is 0 Å².